The molecule has 1 aliphatic heterocycles. The Morgan fingerprint density at radius 3 is 3.15 bits per heavy atom. The normalized spacial score (nSPS) is 29.9. The molecule has 3 atom stereocenters. The first-order valence-corrected chi connectivity index (χ1v) is 7.94. The van der Waals surface area contributed by atoms with Gasteiger partial charge in [-0.3, -0.25) is 4.90 Å². The Balaban J connectivity index is 1.43. The van der Waals surface area contributed by atoms with Gasteiger partial charge in [-0.15, -0.1) is 11.3 Å². The van der Waals surface area contributed by atoms with E-state index in [1.54, 1.807) is 11.3 Å². The van der Waals surface area contributed by atoms with Crippen molar-refractivity contribution in [1.29, 1.82) is 0 Å². The lowest BCUT2D eigenvalue weighted by molar-refractivity contribution is 0.123. The van der Waals surface area contributed by atoms with Gasteiger partial charge in [0.2, 0.25) is 0 Å². The van der Waals surface area contributed by atoms with Gasteiger partial charge in [-0.1, -0.05) is 11.2 Å². The number of nitrogens with zero attached hydrogens (tertiary/aromatic N) is 3. The van der Waals surface area contributed by atoms with Crippen LogP contribution in [0.1, 0.15) is 18.7 Å². The van der Waals surface area contributed by atoms with Crippen molar-refractivity contribution in [1.82, 2.24) is 15.0 Å². The summed E-state index contributed by atoms with van der Waals surface area (Å²) in [4.78, 5) is 7.80. The van der Waals surface area contributed by atoms with Gasteiger partial charge in [0.05, 0.1) is 17.5 Å². The lowest BCUT2D eigenvalue weighted by Gasteiger charge is -2.15. The van der Waals surface area contributed by atoms with Crippen LogP contribution in [-0.2, 0) is 6.54 Å². The van der Waals surface area contributed by atoms with Crippen molar-refractivity contribution in [3.8, 4) is 10.8 Å². The van der Waals surface area contributed by atoms with E-state index in [1.807, 2.05) is 17.5 Å². The largest absolute Gasteiger partial charge is 0.393 e. The minimum absolute atomic E-state index is 0.114. The van der Waals surface area contributed by atoms with Gasteiger partial charge in [0, 0.05) is 19.0 Å². The fraction of sp³-hybridized carbons (Fsp3) is 0.571. The number of likely N-dealkylation sites (tertiary alicyclic amines) is 1. The zero-order valence-corrected chi connectivity index (χ0v) is 11.9. The SMILES string of the molecule is OC1CCC2CN(Cc3noc(-c4cccs4)n3)CC12. The van der Waals surface area contributed by atoms with Gasteiger partial charge < -0.3 is 9.63 Å². The van der Waals surface area contributed by atoms with Crippen molar-refractivity contribution < 1.29 is 9.63 Å². The predicted molar refractivity (Wildman–Crippen MR) is 75.1 cm³/mol. The summed E-state index contributed by atoms with van der Waals surface area (Å²) in [5.74, 6) is 2.43. The Morgan fingerprint density at radius 1 is 1.40 bits per heavy atom. The van der Waals surface area contributed by atoms with E-state index in [2.05, 4.69) is 15.0 Å². The van der Waals surface area contributed by atoms with Gasteiger partial charge in [-0.25, -0.2) is 0 Å². The highest BCUT2D eigenvalue weighted by molar-refractivity contribution is 7.13. The number of aliphatic hydroxyl groups is 1. The number of hydrogen-bond donors (Lipinski definition) is 1. The van der Waals surface area contributed by atoms with Gasteiger partial charge in [0.15, 0.2) is 5.82 Å². The van der Waals surface area contributed by atoms with Crippen LogP contribution >= 0.6 is 11.3 Å². The predicted octanol–water partition coefficient (Wildman–Crippen LogP) is 2.00. The molecule has 2 aromatic heterocycles. The Morgan fingerprint density at radius 2 is 2.35 bits per heavy atom. The van der Waals surface area contributed by atoms with Crippen LogP contribution in [0.4, 0.5) is 0 Å². The summed E-state index contributed by atoms with van der Waals surface area (Å²) in [5, 5.41) is 16.0. The van der Waals surface area contributed by atoms with Crippen molar-refractivity contribution in [3.63, 3.8) is 0 Å². The topological polar surface area (TPSA) is 62.4 Å². The van der Waals surface area contributed by atoms with Gasteiger partial charge >= 0.3 is 0 Å². The standard InChI is InChI=1S/C14H17N3O2S/c18-11-4-3-9-6-17(7-10(9)11)8-13-15-14(19-16-13)12-2-1-5-20-12/h1-2,5,9-11,18H,3-4,6-8H2. The van der Waals surface area contributed by atoms with Crippen LogP contribution in [0.5, 0.6) is 0 Å². The van der Waals surface area contributed by atoms with Crippen LogP contribution in [0.3, 0.4) is 0 Å². The van der Waals surface area contributed by atoms with Crippen molar-refractivity contribution in [2.45, 2.75) is 25.5 Å². The minimum atomic E-state index is -0.114. The van der Waals surface area contributed by atoms with Crippen LogP contribution in [-0.4, -0.2) is 39.3 Å². The zero-order valence-electron chi connectivity index (χ0n) is 11.1. The molecule has 106 valence electrons. The molecular formula is C14H17N3O2S. The van der Waals surface area contributed by atoms with Crippen molar-refractivity contribution in [3.05, 3.63) is 23.3 Å². The maximum atomic E-state index is 9.94. The fourth-order valence-corrected chi connectivity index (χ4v) is 4.12. The summed E-state index contributed by atoms with van der Waals surface area (Å²) in [6.07, 6.45) is 2.00. The van der Waals surface area contributed by atoms with E-state index in [9.17, 15) is 5.11 Å². The molecule has 20 heavy (non-hydrogen) atoms. The molecule has 2 aliphatic rings. The van der Waals surface area contributed by atoms with Crippen LogP contribution in [0.15, 0.2) is 22.0 Å². The molecule has 0 bridgehead atoms. The van der Waals surface area contributed by atoms with Gasteiger partial charge in [-0.05, 0) is 30.2 Å². The third kappa shape index (κ3) is 2.17. The van der Waals surface area contributed by atoms with Crippen LogP contribution in [0.25, 0.3) is 10.8 Å². The summed E-state index contributed by atoms with van der Waals surface area (Å²) < 4.78 is 5.31. The quantitative estimate of drug-likeness (QED) is 0.937. The monoisotopic (exact) mass is 291 g/mol. The third-order valence-electron chi connectivity index (χ3n) is 4.46. The van der Waals surface area contributed by atoms with E-state index in [1.165, 1.54) is 0 Å². The van der Waals surface area contributed by atoms with Crippen molar-refractivity contribution >= 4 is 11.3 Å². The number of fused-ring (bicyclic) bond motifs is 1. The molecule has 1 aliphatic carbocycles. The number of aliphatic hydroxyl groups excluding tert-OH is 1. The highest BCUT2D eigenvalue weighted by Crippen LogP contribution is 2.38. The number of thiophene rings is 1. The molecule has 5 nitrogen and oxygen atoms in total. The number of rotatable bonds is 3. The maximum Gasteiger partial charge on any atom is 0.268 e. The Kier molecular flexibility index (Phi) is 3.09. The van der Waals surface area contributed by atoms with Crippen molar-refractivity contribution in [2.75, 3.05) is 13.1 Å². The average Bonchev–Trinajstić information content (AvgIpc) is 3.17. The summed E-state index contributed by atoms with van der Waals surface area (Å²) in [6, 6.07) is 3.96. The smallest absolute Gasteiger partial charge is 0.268 e. The molecule has 1 saturated carbocycles. The van der Waals surface area contributed by atoms with E-state index in [0.717, 1.165) is 36.6 Å². The van der Waals surface area contributed by atoms with Gasteiger partial charge in [0.25, 0.3) is 5.89 Å². The third-order valence-corrected chi connectivity index (χ3v) is 5.32. The summed E-state index contributed by atoms with van der Waals surface area (Å²) in [7, 11) is 0. The summed E-state index contributed by atoms with van der Waals surface area (Å²) in [5.41, 5.74) is 0. The van der Waals surface area contributed by atoms with Crippen LogP contribution < -0.4 is 0 Å². The molecule has 0 amide bonds. The molecule has 4 rings (SSSR count). The van der Waals surface area contributed by atoms with Crippen molar-refractivity contribution in [2.24, 2.45) is 11.8 Å². The number of hydrogen-bond acceptors (Lipinski definition) is 6. The highest BCUT2D eigenvalue weighted by Gasteiger charge is 2.41. The van der Waals surface area contributed by atoms with Crippen LogP contribution in [0.2, 0.25) is 0 Å². The van der Waals surface area contributed by atoms with E-state index in [-0.39, 0.29) is 6.10 Å². The number of aromatic nitrogens is 2. The summed E-state index contributed by atoms with van der Waals surface area (Å²) in [6.45, 7) is 2.72. The second-order valence-corrected chi connectivity index (χ2v) is 6.70. The molecule has 3 unspecified atom stereocenters. The highest BCUT2D eigenvalue weighted by atomic mass is 32.1. The minimum Gasteiger partial charge on any atom is -0.393 e. The molecular weight excluding hydrogens is 274 g/mol. The second-order valence-electron chi connectivity index (χ2n) is 5.76. The Hall–Kier alpha value is -1.24. The molecule has 0 spiro atoms. The second kappa shape index (κ2) is 4.95. The molecule has 1 N–H and O–H groups in total. The molecule has 0 aromatic carbocycles. The maximum absolute atomic E-state index is 9.94. The first kappa shape index (κ1) is 12.5. The van der Waals surface area contributed by atoms with E-state index < -0.39 is 0 Å². The fourth-order valence-electron chi connectivity index (χ4n) is 3.48. The average molecular weight is 291 g/mol. The first-order valence-electron chi connectivity index (χ1n) is 7.06. The first-order chi connectivity index (χ1) is 9.79. The molecule has 2 fully saturated rings. The van der Waals surface area contributed by atoms with Gasteiger partial charge in [0.1, 0.15) is 0 Å². The Bertz CT molecular complexity index is 583. The Labute approximate surface area is 121 Å². The molecule has 1 saturated heterocycles. The lowest BCUT2D eigenvalue weighted by atomic mass is 10.00. The van der Waals surface area contributed by atoms with Gasteiger partial charge in [-0.2, -0.15) is 4.98 Å². The van der Waals surface area contributed by atoms with E-state index in [0.29, 0.717) is 24.3 Å². The summed E-state index contributed by atoms with van der Waals surface area (Å²) >= 11 is 1.60. The van der Waals surface area contributed by atoms with Crippen LogP contribution in [0, 0.1) is 11.8 Å². The molecule has 2 aromatic rings. The van der Waals surface area contributed by atoms with E-state index >= 15 is 0 Å². The lowest BCUT2D eigenvalue weighted by Crippen LogP contribution is -2.24. The zero-order chi connectivity index (χ0) is 13.5. The molecule has 3 heterocycles. The van der Waals surface area contributed by atoms with E-state index in [4.69, 9.17) is 4.52 Å². The molecule has 6 heteroatoms. The molecule has 0 radical (unpaired) electrons.